The van der Waals surface area contributed by atoms with E-state index in [2.05, 4.69) is 41.0 Å². The fourth-order valence-electron chi connectivity index (χ4n) is 4.56. The summed E-state index contributed by atoms with van der Waals surface area (Å²) in [5.41, 5.74) is 6.81. The Morgan fingerprint density at radius 2 is 1.92 bits per heavy atom. The minimum atomic E-state index is -1.73. The number of aromatic nitrogens is 4. The van der Waals surface area contributed by atoms with Crippen LogP contribution in [0.2, 0.25) is 0 Å². The molecule has 0 aliphatic carbocycles. The summed E-state index contributed by atoms with van der Waals surface area (Å²) >= 11 is 0. The molecule has 2 amide bonds. The SMILES string of the molecule is CN(CCCN(C)C(=O)Nc1ccc(C(C)(C)C)cc1)C[C@H]1OC[C@](O)(n2cnc3c(N)ncnc32)[C@@H]1O. The lowest BCUT2D eigenvalue weighted by Crippen LogP contribution is -2.48. The van der Waals surface area contributed by atoms with E-state index in [4.69, 9.17) is 10.5 Å². The number of hydrogen-bond acceptors (Lipinski definition) is 9. The molecule has 3 aromatic rings. The molecular weight excluding hydrogens is 488 g/mol. The Balaban J connectivity index is 1.25. The van der Waals surface area contributed by atoms with Crippen molar-refractivity contribution in [3.05, 3.63) is 42.5 Å². The molecule has 12 nitrogen and oxygen atoms in total. The van der Waals surface area contributed by atoms with Gasteiger partial charge in [0, 0.05) is 25.8 Å². The first-order valence-electron chi connectivity index (χ1n) is 12.7. The van der Waals surface area contributed by atoms with Crippen LogP contribution in [-0.2, 0) is 15.9 Å². The van der Waals surface area contributed by atoms with Crippen LogP contribution in [0.3, 0.4) is 0 Å². The van der Waals surface area contributed by atoms with E-state index in [1.54, 1.807) is 11.9 Å². The maximum Gasteiger partial charge on any atom is 0.321 e. The fraction of sp³-hybridized carbons (Fsp3) is 0.538. The number of carbonyl (C=O) groups is 1. The van der Waals surface area contributed by atoms with E-state index in [1.807, 2.05) is 36.2 Å². The third kappa shape index (κ3) is 5.73. The van der Waals surface area contributed by atoms with Gasteiger partial charge in [0.05, 0.1) is 12.9 Å². The van der Waals surface area contributed by atoms with Gasteiger partial charge >= 0.3 is 6.03 Å². The average molecular weight is 527 g/mol. The number of likely N-dealkylation sites (N-methyl/N-ethyl adjacent to an activating group) is 1. The Kier molecular flexibility index (Phi) is 7.88. The second-order valence-electron chi connectivity index (χ2n) is 11.0. The van der Waals surface area contributed by atoms with Crippen LogP contribution in [0.5, 0.6) is 0 Å². The minimum Gasteiger partial charge on any atom is -0.385 e. The first-order chi connectivity index (χ1) is 17.9. The number of nitrogens with one attached hydrogen (secondary N) is 1. The van der Waals surface area contributed by atoms with Gasteiger partial charge in [0.15, 0.2) is 17.2 Å². The van der Waals surface area contributed by atoms with Crippen LogP contribution in [0.25, 0.3) is 11.2 Å². The molecule has 12 heteroatoms. The first-order valence-corrected chi connectivity index (χ1v) is 12.7. The molecule has 38 heavy (non-hydrogen) atoms. The van der Waals surface area contributed by atoms with Crippen molar-refractivity contribution < 1.29 is 19.7 Å². The van der Waals surface area contributed by atoms with Gasteiger partial charge in [-0.25, -0.2) is 19.7 Å². The van der Waals surface area contributed by atoms with Crippen molar-refractivity contribution in [3.8, 4) is 0 Å². The van der Waals surface area contributed by atoms with E-state index < -0.39 is 17.9 Å². The van der Waals surface area contributed by atoms with Crippen molar-refractivity contribution in [2.45, 2.75) is 50.5 Å². The fourth-order valence-corrected chi connectivity index (χ4v) is 4.56. The highest BCUT2D eigenvalue weighted by Crippen LogP contribution is 2.32. The molecule has 0 unspecified atom stereocenters. The summed E-state index contributed by atoms with van der Waals surface area (Å²) in [5.74, 6) is 0.194. The molecule has 0 spiro atoms. The molecule has 3 heterocycles. The van der Waals surface area contributed by atoms with Gasteiger partial charge < -0.3 is 35.8 Å². The maximum atomic E-state index is 12.6. The molecule has 2 aromatic heterocycles. The summed E-state index contributed by atoms with van der Waals surface area (Å²) in [7, 11) is 3.67. The predicted molar refractivity (Wildman–Crippen MR) is 145 cm³/mol. The Bertz CT molecular complexity index is 1260. The van der Waals surface area contributed by atoms with E-state index in [1.165, 1.54) is 22.8 Å². The zero-order valence-electron chi connectivity index (χ0n) is 22.6. The molecule has 1 aliphatic heterocycles. The number of fused-ring (bicyclic) bond motifs is 1. The van der Waals surface area contributed by atoms with Crippen molar-refractivity contribution in [3.63, 3.8) is 0 Å². The van der Waals surface area contributed by atoms with Gasteiger partial charge in [-0.15, -0.1) is 0 Å². The van der Waals surface area contributed by atoms with Crippen LogP contribution in [0.4, 0.5) is 16.3 Å². The van der Waals surface area contributed by atoms with Crippen LogP contribution in [-0.4, -0.2) is 98.1 Å². The van der Waals surface area contributed by atoms with E-state index in [0.29, 0.717) is 30.8 Å². The van der Waals surface area contributed by atoms with Crippen LogP contribution in [0.1, 0.15) is 32.8 Å². The lowest BCUT2D eigenvalue weighted by atomic mass is 9.87. The lowest BCUT2D eigenvalue weighted by Gasteiger charge is -2.29. The van der Waals surface area contributed by atoms with Gasteiger partial charge in [0.1, 0.15) is 24.1 Å². The Morgan fingerprint density at radius 1 is 1.21 bits per heavy atom. The highest BCUT2D eigenvalue weighted by Gasteiger charge is 2.50. The molecule has 1 aromatic carbocycles. The average Bonchev–Trinajstić information content (AvgIpc) is 3.42. The van der Waals surface area contributed by atoms with Crippen molar-refractivity contribution in [2.24, 2.45) is 0 Å². The number of carbonyl (C=O) groups excluding carboxylic acids is 1. The van der Waals surface area contributed by atoms with Gasteiger partial charge in [-0.05, 0) is 43.1 Å². The van der Waals surface area contributed by atoms with E-state index in [-0.39, 0.29) is 23.9 Å². The minimum absolute atomic E-state index is 0.0565. The second-order valence-corrected chi connectivity index (χ2v) is 11.0. The molecule has 0 saturated carbocycles. The lowest BCUT2D eigenvalue weighted by molar-refractivity contribution is -0.108. The van der Waals surface area contributed by atoms with E-state index in [0.717, 1.165) is 12.1 Å². The summed E-state index contributed by atoms with van der Waals surface area (Å²) in [6.07, 6.45) is 1.55. The Labute approximate surface area is 222 Å². The van der Waals surface area contributed by atoms with Gasteiger partial charge in [-0.1, -0.05) is 32.9 Å². The summed E-state index contributed by atoms with van der Waals surface area (Å²) in [5, 5.41) is 25.1. The quantitative estimate of drug-likeness (QED) is 0.342. The topological polar surface area (TPSA) is 155 Å². The standard InChI is InChI=1S/C26H38N8O4/c1-25(2,3)17-7-9-18(10-8-17)31-24(36)33(5)12-6-11-32(4)13-19-21(35)26(37,14-38-19)34-16-30-20-22(27)28-15-29-23(20)34/h7-10,15-16,19,21,35,37H,6,11-14H2,1-5H3,(H,31,36)(H2,27,28,29)/t19-,21-,26-/m1/s1. The second kappa shape index (κ2) is 10.8. The molecule has 1 aliphatic rings. The normalized spacial score (nSPS) is 21.8. The number of aliphatic hydroxyl groups excluding tert-OH is 1. The van der Waals surface area contributed by atoms with Crippen molar-refractivity contribution >= 4 is 28.7 Å². The zero-order valence-corrected chi connectivity index (χ0v) is 22.6. The number of benzene rings is 1. The number of urea groups is 1. The summed E-state index contributed by atoms with van der Waals surface area (Å²) in [4.78, 5) is 28.5. The number of rotatable bonds is 8. The maximum absolute atomic E-state index is 12.6. The molecule has 0 radical (unpaired) electrons. The molecule has 1 fully saturated rings. The smallest absolute Gasteiger partial charge is 0.321 e. The van der Waals surface area contributed by atoms with Gasteiger partial charge in [0.25, 0.3) is 0 Å². The molecule has 1 saturated heterocycles. The summed E-state index contributed by atoms with van der Waals surface area (Å²) in [6, 6.07) is 7.73. The first kappa shape index (κ1) is 27.7. The van der Waals surface area contributed by atoms with Crippen LogP contribution in [0.15, 0.2) is 36.9 Å². The predicted octanol–water partition coefficient (Wildman–Crippen LogP) is 1.60. The number of hydrogen-bond donors (Lipinski definition) is 4. The van der Waals surface area contributed by atoms with Crippen LogP contribution >= 0.6 is 0 Å². The highest BCUT2D eigenvalue weighted by atomic mass is 16.5. The molecule has 4 rings (SSSR count). The number of ether oxygens (including phenoxy) is 1. The molecule has 0 bridgehead atoms. The monoisotopic (exact) mass is 526 g/mol. The molecule has 3 atom stereocenters. The van der Waals surface area contributed by atoms with Gasteiger partial charge in [0.2, 0.25) is 0 Å². The van der Waals surface area contributed by atoms with Crippen molar-refractivity contribution in [1.82, 2.24) is 29.3 Å². The molecule has 206 valence electrons. The number of nitrogen functional groups attached to an aromatic ring is 1. The third-order valence-electron chi connectivity index (χ3n) is 6.99. The van der Waals surface area contributed by atoms with Crippen molar-refractivity contribution in [2.75, 3.05) is 51.4 Å². The number of nitrogens with zero attached hydrogens (tertiary/aromatic N) is 6. The van der Waals surface area contributed by atoms with Gasteiger partial charge in [-0.3, -0.25) is 4.57 Å². The van der Waals surface area contributed by atoms with E-state index in [9.17, 15) is 15.0 Å². The number of amides is 2. The number of anilines is 2. The third-order valence-corrected chi connectivity index (χ3v) is 6.99. The Morgan fingerprint density at radius 3 is 2.61 bits per heavy atom. The Hall–Kier alpha value is -3.32. The highest BCUT2D eigenvalue weighted by molar-refractivity contribution is 5.89. The molecular formula is C26H38N8O4. The number of nitrogens with two attached hydrogens (primary N) is 1. The van der Waals surface area contributed by atoms with Crippen LogP contribution in [0, 0.1) is 0 Å². The van der Waals surface area contributed by atoms with Crippen LogP contribution < -0.4 is 11.1 Å². The zero-order chi connectivity index (χ0) is 27.7. The van der Waals surface area contributed by atoms with Crippen molar-refractivity contribution in [1.29, 1.82) is 0 Å². The van der Waals surface area contributed by atoms with E-state index >= 15 is 0 Å². The molecule has 5 N–H and O–H groups in total. The van der Waals surface area contributed by atoms with Gasteiger partial charge in [-0.2, -0.15) is 0 Å². The number of aliphatic hydroxyl groups is 2. The number of imidazole rings is 1. The largest absolute Gasteiger partial charge is 0.385 e. The summed E-state index contributed by atoms with van der Waals surface area (Å²) in [6.45, 7) is 7.94. The summed E-state index contributed by atoms with van der Waals surface area (Å²) < 4.78 is 7.16.